The molecule has 100 valence electrons. The fourth-order valence-corrected chi connectivity index (χ4v) is 2.65. The van der Waals surface area contributed by atoms with Crippen molar-refractivity contribution in [3.63, 3.8) is 0 Å². The minimum atomic E-state index is -0.916. The summed E-state index contributed by atoms with van der Waals surface area (Å²) in [5.74, 6) is -1.06. The second kappa shape index (κ2) is 4.81. The van der Waals surface area contributed by atoms with Gasteiger partial charge in [0.2, 0.25) is 0 Å². The van der Waals surface area contributed by atoms with Gasteiger partial charge in [-0.1, -0.05) is 36.4 Å². The molecule has 0 saturated heterocycles. The molecule has 4 heteroatoms. The Labute approximate surface area is 116 Å². The lowest BCUT2D eigenvalue weighted by Crippen LogP contribution is -2.29. The summed E-state index contributed by atoms with van der Waals surface area (Å²) in [7, 11) is 0. The lowest BCUT2D eigenvalue weighted by atomic mass is 10.0. The second-order valence-corrected chi connectivity index (χ2v) is 4.71. The molecule has 1 atom stereocenters. The number of carboxylic acid groups (broad SMARTS) is 1. The molecule has 0 unspecified atom stereocenters. The van der Waals surface area contributed by atoms with E-state index in [-0.39, 0.29) is 12.3 Å². The van der Waals surface area contributed by atoms with E-state index in [2.05, 4.69) is 0 Å². The van der Waals surface area contributed by atoms with E-state index in [0.717, 1.165) is 11.3 Å². The third-order valence-corrected chi connectivity index (χ3v) is 3.48. The molecule has 0 saturated carbocycles. The maximum absolute atomic E-state index is 12.5. The molecule has 1 amide bonds. The zero-order valence-corrected chi connectivity index (χ0v) is 10.7. The summed E-state index contributed by atoms with van der Waals surface area (Å²) < 4.78 is 0. The molecule has 1 N–H and O–H groups in total. The van der Waals surface area contributed by atoms with Crippen LogP contribution in [0.15, 0.2) is 54.6 Å². The van der Waals surface area contributed by atoms with Crippen LogP contribution in [0.1, 0.15) is 28.4 Å². The molecule has 1 aliphatic heterocycles. The van der Waals surface area contributed by atoms with E-state index >= 15 is 0 Å². The molecule has 4 nitrogen and oxygen atoms in total. The standard InChI is InChI=1S/C16H13NO3/c18-15(19)10-14-12-8-4-5-9-13(12)16(20)17(14)11-6-2-1-3-7-11/h1-9,14H,10H2,(H,18,19)/t14-/m1/s1. The molecule has 1 heterocycles. The van der Waals surface area contributed by atoms with Gasteiger partial charge < -0.3 is 10.0 Å². The van der Waals surface area contributed by atoms with Crippen molar-refractivity contribution in [3.8, 4) is 0 Å². The molecule has 1 aliphatic rings. The van der Waals surface area contributed by atoms with Crippen molar-refractivity contribution in [1.82, 2.24) is 0 Å². The van der Waals surface area contributed by atoms with Gasteiger partial charge in [-0.2, -0.15) is 0 Å². The molecule has 2 aromatic carbocycles. The number of rotatable bonds is 3. The highest BCUT2D eigenvalue weighted by atomic mass is 16.4. The monoisotopic (exact) mass is 267 g/mol. The van der Waals surface area contributed by atoms with Crippen LogP contribution in [0.5, 0.6) is 0 Å². The minimum Gasteiger partial charge on any atom is -0.481 e. The van der Waals surface area contributed by atoms with Crippen LogP contribution >= 0.6 is 0 Å². The topological polar surface area (TPSA) is 57.6 Å². The normalized spacial score (nSPS) is 17.1. The maximum Gasteiger partial charge on any atom is 0.305 e. The van der Waals surface area contributed by atoms with Crippen molar-refractivity contribution in [3.05, 3.63) is 65.7 Å². The first-order valence-electron chi connectivity index (χ1n) is 6.38. The van der Waals surface area contributed by atoms with Crippen molar-refractivity contribution in [2.75, 3.05) is 4.90 Å². The molecule has 0 aliphatic carbocycles. The third-order valence-electron chi connectivity index (χ3n) is 3.48. The number of fused-ring (bicyclic) bond motifs is 1. The molecule has 2 aromatic rings. The summed E-state index contributed by atoms with van der Waals surface area (Å²) in [6.45, 7) is 0. The second-order valence-electron chi connectivity index (χ2n) is 4.71. The van der Waals surface area contributed by atoms with Gasteiger partial charge in [0.1, 0.15) is 0 Å². The molecule has 0 radical (unpaired) electrons. The molecule has 0 aromatic heterocycles. The van der Waals surface area contributed by atoms with Gasteiger partial charge in [0.15, 0.2) is 0 Å². The van der Waals surface area contributed by atoms with Gasteiger partial charge in [0.25, 0.3) is 5.91 Å². The quantitative estimate of drug-likeness (QED) is 0.930. The van der Waals surface area contributed by atoms with Crippen LogP contribution in [0, 0.1) is 0 Å². The highest BCUT2D eigenvalue weighted by Crippen LogP contribution is 2.39. The third kappa shape index (κ3) is 1.95. The number of carbonyl (C=O) groups excluding carboxylic acids is 1. The van der Waals surface area contributed by atoms with Crippen LogP contribution < -0.4 is 4.90 Å². The number of benzene rings is 2. The van der Waals surface area contributed by atoms with Crippen LogP contribution in [0.3, 0.4) is 0 Å². The Morgan fingerprint density at radius 2 is 1.70 bits per heavy atom. The van der Waals surface area contributed by atoms with E-state index in [1.165, 1.54) is 0 Å². The predicted octanol–water partition coefficient (Wildman–Crippen LogP) is 2.86. The van der Waals surface area contributed by atoms with Crippen molar-refractivity contribution in [2.45, 2.75) is 12.5 Å². The van der Waals surface area contributed by atoms with Crippen LogP contribution in [0.2, 0.25) is 0 Å². The smallest absolute Gasteiger partial charge is 0.305 e. The molecule has 0 bridgehead atoms. The fourth-order valence-electron chi connectivity index (χ4n) is 2.65. The van der Waals surface area contributed by atoms with Crippen LogP contribution in [0.25, 0.3) is 0 Å². The van der Waals surface area contributed by atoms with Crippen molar-refractivity contribution >= 4 is 17.6 Å². The van der Waals surface area contributed by atoms with E-state index in [9.17, 15) is 9.59 Å². The molecule has 20 heavy (non-hydrogen) atoms. The largest absolute Gasteiger partial charge is 0.481 e. The first-order valence-corrected chi connectivity index (χ1v) is 6.38. The Kier molecular flexibility index (Phi) is 2.99. The Hall–Kier alpha value is -2.62. The molecule has 0 fully saturated rings. The van der Waals surface area contributed by atoms with E-state index in [1.807, 2.05) is 42.5 Å². The fraction of sp³-hybridized carbons (Fsp3) is 0.125. The predicted molar refractivity (Wildman–Crippen MR) is 74.7 cm³/mol. The number of carboxylic acids is 1. The number of hydrogen-bond acceptors (Lipinski definition) is 2. The SMILES string of the molecule is O=C(O)C[C@@H]1c2ccccc2C(=O)N1c1ccccc1. The van der Waals surface area contributed by atoms with Gasteiger partial charge in [-0.3, -0.25) is 9.59 Å². The first-order chi connectivity index (χ1) is 9.68. The van der Waals surface area contributed by atoms with Crippen molar-refractivity contribution in [2.24, 2.45) is 0 Å². The Morgan fingerprint density at radius 3 is 2.40 bits per heavy atom. The number of nitrogens with zero attached hydrogens (tertiary/aromatic N) is 1. The zero-order chi connectivity index (χ0) is 14.1. The Bertz CT molecular complexity index is 666. The van der Waals surface area contributed by atoms with Crippen LogP contribution in [-0.2, 0) is 4.79 Å². The molecular weight excluding hydrogens is 254 g/mol. The number of amides is 1. The van der Waals surface area contributed by atoms with Gasteiger partial charge in [0, 0.05) is 11.3 Å². The van der Waals surface area contributed by atoms with Gasteiger partial charge in [0.05, 0.1) is 12.5 Å². The number of anilines is 1. The van der Waals surface area contributed by atoms with E-state index < -0.39 is 12.0 Å². The minimum absolute atomic E-state index is 0.0996. The first kappa shape index (κ1) is 12.4. The van der Waals surface area contributed by atoms with Gasteiger partial charge >= 0.3 is 5.97 Å². The van der Waals surface area contributed by atoms with Gasteiger partial charge in [-0.05, 0) is 23.8 Å². The average molecular weight is 267 g/mol. The van der Waals surface area contributed by atoms with E-state index in [4.69, 9.17) is 5.11 Å². The lowest BCUT2D eigenvalue weighted by Gasteiger charge is -2.24. The highest BCUT2D eigenvalue weighted by Gasteiger charge is 2.38. The molecule has 0 spiro atoms. The van der Waals surface area contributed by atoms with Crippen LogP contribution in [-0.4, -0.2) is 17.0 Å². The lowest BCUT2D eigenvalue weighted by molar-refractivity contribution is -0.137. The number of aliphatic carboxylic acids is 1. The van der Waals surface area contributed by atoms with E-state index in [0.29, 0.717) is 5.56 Å². The zero-order valence-electron chi connectivity index (χ0n) is 10.7. The number of carbonyl (C=O) groups is 2. The van der Waals surface area contributed by atoms with Crippen LogP contribution in [0.4, 0.5) is 5.69 Å². The summed E-state index contributed by atoms with van der Waals surface area (Å²) in [5.41, 5.74) is 2.09. The number of para-hydroxylation sites is 1. The summed E-state index contributed by atoms with van der Waals surface area (Å²) in [6.07, 6.45) is -0.0996. The molecule has 3 rings (SSSR count). The average Bonchev–Trinajstić information content (AvgIpc) is 2.73. The maximum atomic E-state index is 12.5. The number of hydrogen-bond donors (Lipinski definition) is 1. The summed E-state index contributed by atoms with van der Waals surface area (Å²) in [6, 6.07) is 15.9. The van der Waals surface area contributed by atoms with Gasteiger partial charge in [-0.25, -0.2) is 0 Å². The van der Waals surface area contributed by atoms with E-state index in [1.54, 1.807) is 17.0 Å². The summed E-state index contributed by atoms with van der Waals surface area (Å²) >= 11 is 0. The van der Waals surface area contributed by atoms with Crippen molar-refractivity contribution < 1.29 is 14.7 Å². The Balaban J connectivity index is 2.10. The highest BCUT2D eigenvalue weighted by molar-refractivity contribution is 6.11. The summed E-state index contributed by atoms with van der Waals surface area (Å²) in [4.78, 5) is 25.2. The van der Waals surface area contributed by atoms with Crippen molar-refractivity contribution in [1.29, 1.82) is 0 Å². The summed E-state index contributed by atoms with van der Waals surface area (Å²) in [5, 5.41) is 9.11. The Morgan fingerprint density at radius 1 is 1.05 bits per heavy atom. The van der Waals surface area contributed by atoms with Gasteiger partial charge in [-0.15, -0.1) is 0 Å². The molecular formula is C16H13NO3.